The summed E-state index contributed by atoms with van der Waals surface area (Å²) < 4.78 is 52.8. The molecule has 1 aromatic heterocycles. The number of benzene rings is 2. The molecule has 2 N–H and O–H groups in total. The molecule has 3 rings (SSSR count). The summed E-state index contributed by atoms with van der Waals surface area (Å²) in [4.78, 5) is 2.27. The lowest BCUT2D eigenvalue weighted by molar-refractivity contribution is -0.627. The zero-order chi connectivity index (χ0) is 37.9. The number of fused-ring (bicyclic) bond motifs is 1. The molecule has 0 unspecified atom stereocenters. The molecule has 0 amide bonds. The van der Waals surface area contributed by atoms with Crippen molar-refractivity contribution in [1.82, 2.24) is 0 Å². The predicted octanol–water partition coefficient (Wildman–Crippen LogP) is 3.69. The van der Waals surface area contributed by atoms with Crippen LogP contribution in [-0.2, 0) is 44.9 Å². The highest BCUT2D eigenvalue weighted by Crippen LogP contribution is 2.33. The Morgan fingerprint density at radius 3 is 1.55 bits per heavy atom. The maximum Gasteiger partial charge on any atom is 0.409 e. The van der Waals surface area contributed by atoms with Crippen LogP contribution in [0, 0.1) is 13.8 Å². The molecule has 0 saturated carbocycles. The number of aliphatic hydroxyl groups excluding tert-OH is 2. The average Bonchev–Trinajstić information content (AvgIpc) is 3.48. The van der Waals surface area contributed by atoms with E-state index in [0.29, 0.717) is 119 Å². The fourth-order valence-electron chi connectivity index (χ4n) is 5.02. The number of aryl methyl sites for hydroxylation is 3. The van der Waals surface area contributed by atoms with Gasteiger partial charge in [0.2, 0.25) is 0 Å². The van der Waals surface area contributed by atoms with Crippen LogP contribution in [-0.4, -0.2) is 149 Å². The number of methoxy groups -OCH3 is 1. The van der Waals surface area contributed by atoms with Crippen LogP contribution in [0.2, 0.25) is 0 Å². The molecule has 15 nitrogen and oxygen atoms in total. The zero-order valence-electron chi connectivity index (χ0n) is 31.8. The summed E-state index contributed by atoms with van der Waals surface area (Å²) in [6.07, 6.45) is 0. The van der Waals surface area contributed by atoms with Gasteiger partial charge in [-0.2, -0.15) is 0 Å². The Morgan fingerprint density at radius 1 is 0.604 bits per heavy atom. The highest BCUT2D eigenvalue weighted by atomic mass is 32.1. The second-order valence-electron chi connectivity index (χ2n) is 11.7. The molecule has 0 atom stereocenters. The molecule has 0 saturated heterocycles. The predicted molar refractivity (Wildman–Crippen MR) is 203 cm³/mol. The third-order valence-corrected chi connectivity index (χ3v) is 8.91. The Balaban J connectivity index is 1.50. The van der Waals surface area contributed by atoms with Crippen molar-refractivity contribution in [1.29, 1.82) is 0 Å². The van der Waals surface area contributed by atoms with E-state index >= 15 is 0 Å². The van der Waals surface area contributed by atoms with Crippen molar-refractivity contribution in [3.8, 4) is 5.75 Å². The maximum absolute atomic E-state index is 8.72. The van der Waals surface area contributed by atoms with Gasteiger partial charge in [-0.1, -0.05) is 0 Å². The zero-order valence-corrected chi connectivity index (χ0v) is 32.6. The molecule has 0 aliphatic rings. The number of azo groups is 1. The summed E-state index contributed by atoms with van der Waals surface area (Å²) in [5, 5.41) is 27.5. The first-order valence-corrected chi connectivity index (χ1v) is 18.9. The number of aromatic nitrogens is 1. The van der Waals surface area contributed by atoms with Gasteiger partial charge in [0, 0.05) is 24.8 Å². The Hall–Kier alpha value is -2.87. The van der Waals surface area contributed by atoms with Crippen LogP contribution < -0.4 is 14.2 Å². The molecule has 0 spiro atoms. The number of nitrogens with zero attached hydrogens (tertiary/aromatic N) is 4. The summed E-state index contributed by atoms with van der Waals surface area (Å²) >= 11 is 1.57. The van der Waals surface area contributed by atoms with Crippen molar-refractivity contribution in [2.45, 2.75) is 13.8 Å². The van der Waals surface area contributed by atoms with Gasteiger partial charge in [-0.05, 0) is 65.7 Å². The topological polar surface area (TPSA) is 155 Å². The van der Waals surface area contributed by atoms with Crippen molar-refractivity contribution in [2.75, 3.05) is 144 Å². The first-order valence-electron chi connectivity index (χ1n) is 18.1. The van der Waals surface area contributed by atoms with Crippen LogP contribution in [0.4, 0.5) is 16.5 Å². The summed E-state index contributed by atoms with van der Waals surface area (Å²) in [5.74, 6) is 0.811. The van der Waals surface area contributed by atoms with Crippen LogP contribution in [0.5, 0.6) is 5.75 Å². The lowest BCUT2D eigenvalue weighted by atomic mass is 10.1. The minimum atomic E-state index is 0.00961. The van der Waals surface area contributed by atoms with E-state index in [1.54, 1.807) is 18.4 Å². The SMILES string of the molecule is COc1ccc2c(c1)sc(N=Nc1cc(C)c(N(CCOCCOCCOCCOCCO)CCOCCOCCOCCOCCO)cc1C)[n+]2C. The molecule has 298 valence electrons. The summed E-state index contributed by atoms with van der Waals surface area (Å²) in [6, 6.07) is 10.2. The number of hydrogen-bond acceptors (Lipinski definition) is 15. The van der Waals surface area contributed by atoms with E-state index in [1.165, 1.54) is 0 Å². The standard InChI is InChI=1S/C37H59N4O11S/c1-30-28-35(31(2)27-33(30)38-39-37-40(3)34-6-5-32(44-4)29-36(34)53-37)41(7-11-45-15-19-49-23-25-51-21-17-47-13-9-42)8-12-46-16-20-50-24-26-52-22-18-48-14-10-43/h5-6,27-29,42-43H,7-26H2,1-4H3/q+1. The molecule has 0 aliphatic carbocycles. The fourth-order valence-corrected chi connectivity index (χ4v) is 6.02. The first kappa shape index (κ1) is 44.5. The number of hydrogen-bond donors (Lipinski definition) is 2. The third-order valence-electron chi connectivity index (χ3n) is 7.83. The Morgan fingerprint density at radius 2 is 1.08 bits per heavy atom. The number of rotatable bonds is 32. The van der Waals surface area contributed by atoms with Gasteiger partial charge >= 0.3 is 5.13 Å². The van der Waals surface area contributed by atoms with Gasteiger partial charge < -0.3 is 57.7 Å². The number of anilines is 1. The average molecular weight is 768 g/mol. The van der Waals surface area contributed by atoms with Crippen LogP contribution in [0.25, 0.3) is 10.2 Å². The first-order chi connectivity index (χ1) is 26.0. The molecule has 0 bridgehead atoms. The Labute approximate surface area is 317 Å². The molecule has 0 fully saturated rings. The van der Waals surface area contributed by atoms with E-state index in [0.717, 1.165) is 43.6 Å². The molecule has 3 aromatic rings. The van der Waals surface area contributed by atoms with Gasteiger partial charge in [0.15, 0.2) is 0 Å². The van der Waals surface area contributed by atoms with Crippen LogP contribution >= 0.6 is 11.3 Å². The molecular weight excluding hydrogens is 708 g/mol. The van der Waals surface area contributed by atoms with Gasteiger partial charge in [-0.15, -0.1) is 0 Å². The minimum absolute atomic E-state index is 0.00961. The van der Waals surface area contributed by atoms with Crippen LogP contribution in [0.1, 0.15) is 11.1 Å². The van der Waals surface area contributed by atoms with Crippen LogP contribution in [0.15, 0.2) is 40.6 Å². The summed E-state index contributed by atoms with van der Waals surface area (Å²) in [5.41, 5.74) is 5.05. The molecule has 0 aliphatic heterocycles. The Bertz CT molecular complexity index is 1420. The highest BCUT2D eigenvalue weighted by molar-refractivity contribution is 7.21. The van der Waals surface area contributed by atoms with E-state index in [-0.39, 0.29) is 13.2 Å². The second-order valence-corrected chi connectivity index (χ2v) is 12.7. The van der Waals surface area contributed by atoms with Gasteiger partial charge in [0.05, 0.1) is 143 Å². The Kier molecular flexibility index (Phi) is 23.2. The smallest absolute Gasteiger partial charge is 0.409 e. The van der Waals surface area contributed by atoms with Crippen LogP contribution in [0.3, 0.4) is 0 Å². The van der Waals surface area contributed by atoms with Gasteiger partial charge in [0.25, 0.3) is 0 Å². The van der Waals surface area contributed by atoms with E-state index < -0.39 is 0 Å². The molecule has 53 heavy (non-hydrogen) atoms. The van der Waals surface area contributed by atoms with Crippen molar-refractivity contribution in [3.05, 3.63) is 41.5 Å². The third kappa shape index (κ3) is 17.4. The molecular formula is C37H59N4O11S+. The van der Waals surface area contributed by atoms with Crippen molar-refractivity contribution in [2.24, 2.45) is 17.3 Å². The molecule has 1 heterocycles. The lowest BCUT2D eigenvalue weighted by Gasteiger charge is -2.27. The minimum Gasteiger partial charge on any atom is -0.497 e. The molecule has 0 radical (unpaired) electrons. The largest absolute Gasteiger partial charge is 0.497 e. The van der Waals surface area contributed by atoms with Gasteiger partial charge in [-0.3, -0.25) is 0 Å². The van der Waals surface area contributed by atoms with Crippen molar-refractivity contribution < 1.29 is 57.4 Å². The number of ether oxygens (including phenoxy) is 9. The number of aliphatic hydroxyl groups is 2. The molecule has 16 heteroatoms. The highest BCUT2D eigenvalue weighted by Gasteiger charge is 2.18. The van der Waals surface area contributed by atoms with E-state index in [9.17, 15) is 0 Å². The summed E-state index contributed by atoms with van der Waals surface area (Å²) in [7, 11) is 3.66. The van der Waals surface area contributed by atoms with Gasteiger partial charge in [-0.25, -0.2) is 4.57 Å². The fraction of sp³-hybridized carbons (Fsp3) is 0.649. The molecule has 2 aromatic carbocycles. The normalized spacial score (nSPS) is 11.7. The van der Waals surface area contributed by atoms with Crippen molar-refractivity contribution in [3.63, 3.8) is 0 Å². The van der Waals surface area contributed by atoms with Gasteiger partial charge in [0.1, 0.15) is 17.0 Å². The maximum atomic E-state index is 8.72. The lowest BCUT2D eigenvalue weighted by Crippen LogP contribution is -2.32. The monoisotopic (exact) mass is 767 g/mol. The summed E-state index contributed by atoms with van der Waals surface area (Å²) in [6.45, 7) is 12.8. The van der Waals surface area contributed by atoms with E-state index in [4.69, 9.17) is 52.8 Å². The quantitative estimate of drug-likeness (QED) is 0.0541. The second kappa shape index (κ2) is 27.7. The van der Waals surface area contributed by atoms with E-state index in [1.807, 2.05) is 36.7 Å². The number of thiazole rings is 1. The van der Waals surface area contributed by atoms with Crippen molar-refractivity contribution >= 4 is 38.1 Å². The van der Waals surface area contributed by atoms with E-state index in [2.05, 4.69) is 34.2 Å².